The fourth-order valence-corrected chi connectivity index (χ4v) is 3.56. The largest absolute Gasteiger partial charge is 0.357 e. The second kappa shape index (κ2) is 7.24. The van der Waals surface area contributed by atoms with Crippen molar-refractivity contribution < 1.29 is 14.4 Å². The molecule has 0 radical (unpaired) electrons. The normalized spacial score (nSPS) is 21.4. The maximum Gasteiger partial charge on any atom is 0.344 e. The predicted octanol–water partition coefficient (Wildman–Crippen LogP) is 2.12. The molecule has 2 aromatic rings. The van der Waals surface area contributed by atoms with Crippen LogP contribution < -0.4 is 5.32 Å². The molecule has 8 nitrogen and oxygen atoms in total. The monoisotopic (exact) mass is 367 g/mol. The summed E-state index contributed by atoms with van der Waals surface area (Å²) in [6.45, 7) is 0.821. The number of hydrogen-bond acceptors (Lipinski definition) is 4. The summed E-state index contributed by atoms with van der Waals surface area (Å²) in [5, 5.41) is 12.3. The van der Waals surface area contributed by atoms with Gasteiger partial charge in [-0.2, -0.15) is 5.06 Å². The first kappa shape index (κ1) is 17.3. The lowest BCUT2D eigenvalue weighted by atomic mass is 10.00. The molecular formula is C19H21N5O3. The van der Waals surface area contributed by atoms with Gasteiger partial charge in [0.2, 0.25) is 0 Å². The molecule has 2 atom stereocenters. The van der Waals surface area contributed by atoms with E-state index in [0.29, 0.717) is 25.3 Å². The van der Waals surface area contributed by atoms with Crippen molar-refractivity contribution in [2.45, 2.75) is 31.5 Å². The number of amidine groups is 1. The van der Waals surface area contributed by atoms with E-state index in [1.807, 2.05) is 30.3 Å². The molecule has 140 valence electrons. The first-order chi connectivity index (χ1) is 13.1. The molecule has 2 aliphatic heterocycles. The van der Waals surface area contributed by atoms with Crippen molar-refractivity contribution in [2.75, 3.05) is 6.54 Å². The highest BCUT2D eigenvalue weighted by Crippen LogP contribution is 2.30. The summed E-state index contributed by atoms with van der Waals surface area (Å²) >= 11 is 0. The Morgan fingerprint density at radius 3 is 2.78 bits per heavy atom. The third kappa shape index (κ3) is 3.43. The van der Waals surface area contributed by atoms with E-state index in [9.17, 15) is 9.59 Å². The highest BCUT2D eigenvalue weighted by molar-refractivity contribution is 6.07. The fourth-order valence-electron chi connectivity index (χ4n) is 3.56. The zero-order chi connectivity index (χ0) is 18.8. The highest BCUT2D eigenvalue weighted by atomic mass is 16.7. The Labute approximate surface area is 156 Å². The van der Waals surface area contributed by atoms with Gasteiger partial charge in [-0.3, -0.25) is 15.0 Å². The first-order valence-electron chi connectivity index (χ1n) is 8.93. The van der Waals surface area contributed by atoms with Gasteiger partial charge >= 0.3 is 6.03 Å². The fraction of sp³-hybridized carbons (Fsp3) is 0.316. The van der Waals surface area contributed by atoms with E-state index in [0.717, 1.165) is 12.0 Å². The predicted molar refractivity (Wildman–Crippen MR) is 98.0 cm³/mol. The summed E-state index contributed by atoms with van der Waals surface area (Å²) in [4.78, 5) is 35.1. The number of urea groups is 1. The maximum absolute atomic E-state index is 12.7. The van der Waals surface area contributed by atoms with Crippen molar-refractivity contribution in [3.8, 4) is 0 Å². The second-order valence-corrected chi connectivity index (χ2v) is 6.72. The van der Waals surface area contributed by atoms with Gasteiger partial charge < -0.3 is 15.2 Å². The summed E-state index contributed by atoms with van der Waals surface area (Å²) in [6.07, 6.45) is 2.99. The molecule has 0 aliphatic carbocycles. The van der Waals surface area contributed by atoms with Crippen LogP contribution in [0.3, 0.4) is 0 Å². The van der Waals surface area contributed by atoms with Gasteiger partial charge in [0.15, 0.2) is 0 Å². The van der Waals surface area contributed by atoms with Crippen LogP contribution >= 0.6 is 0 Å². The highest BCUT2D eigenvalue weighted by Gasteiger charge is 2.47. The average Bonchev–Trinajstić information content (AvgIpc) is 3.30. The quantitative estimate of drug-likeness (QED) is 0.557. The van der Waals surface area contributed by atoms with E-state index in [2.05, 4.69) is 10.3 Å². The zero-order valence-corrected chi connectivity index (χ0v) is 14.7. The number of aromatic nitrogens is 1. The number of fused-ring (bicyclic) bond motifs is 2. The zero-order valence-electron chi connectivity index (χ0n) is 14.7. The molecule has 8 heteroatoms. The van der Waals surface area contributed by atoms with Crippen LogP contribution in [0.5, 0.6) is 0 Å². The topological polar surface area (TPSA) is 102 Å². The Hall–Kier alpha value is -3.13. The number of amides is 3. The molecule has 27 heavy (non-hydrogen) atoms. The van der Waals surface area contributed by atoms with Crippen LogP contribution in [0, 0.1) is 5.41 Å². The second-order valence-electron chi connectivity index (χ2n) is 6.72. The minimum Gasteiger partial charge on any atom is -0.357 e. The lowest BCUT2D eigenvalue weighted by molar-refractivity contribution is -0.140. The summed E-state index contributed by atoms with van der Waals surface area (Å²) in [6, 6.07) is 12.3. The molecule has 4 rings (SSSR count). The molecule has 2 aliphatic rings. The Bertz CT molecular complexity index is 836. The van der Waals surface area contributed by atoms with Crippen molar-refractivity contribution in [1.82, 2.24) is 20.3 Å². The third-order valence-electron chi connectivity index (χ3n) is 4.96. The average molecular weight is 367 g/mol. The number of rotatable bonds is 5. The Morgan fingerprint density at radius 1 is 1.22 bits per heavy atom. The molecule has 0 unspecified atom stereocenters. The first-order valence-corrected chi connectivity index (χ1v) is 8.93. The number of benzene rings is 1. The molecule has 2 fully saturated rings. The molecule has 0 spiro atoms. The summed E-state index contributed by atoms with van der Waals surface area (Å²) in [5.41, 5.74) is 1.37. The lowest BCUT2D eigenvalue weighted by Crippen LogP contribution is -2.50. The van der Waals surface area contributed by atoms with Crippen LogP contribution in [0.2, 0.25) is 0 Å². The van der Waals surface area contributed by atoms with E-state index in [1.54, 1.807) is 23.2 Å². The van der Waals surface area contributed by atoms with Gasteiger partial charge in [-0.25, -0.2) is 4.79 Å². The van der Waals surface area contributed by atoms with Crippen molar-refractivity contribution >= 4 is 17.8 Å². The smallest absolute Gasteiger partial charge is 0.344 e. The molecule has 1 aromatic heterocycles. The van der Waals surface area contributed by atoms with Crippen molar-refractivity contribution in [2.24, 2.45) is 0 Å². The molecular weight excluding hydrogens is 346 g/mol. The van der Waals surface area contributed by atoms with Crippen LogP contribution in [0.25, 0.3) is 0 Å². The number of nitrogens with zero attached hydrogens (tertiary/aromatic N) is 2. The summed E-state index contributed by atoms with van der Waals surface area (Å²) < 4.78 is 0. The van der Waals surface area contributed by atoms with Crippen molar-refractivity contribution in [1.29, 1.82) is 5.41 Å². The van der Waals surface area contributed by atoms with Gasteiger partial charge in [0.1, 0.15) is 18.1 Å². The van der Waals surface area contributed by atoms with Crippen molar-refractivity contribution in [3.05, 3.63) is 59.9 Å². The van der Waals surface area contributed by atoms with Gasteiger partial charge in [0, 0.05) is 12.7 Å². The van der Waals surface area contributed by atoms with E-state index in [1.165, 1.54) is 5.06 Å². The van der Waals surface area contributed by atoms with Crippen LogP contribution in [0.4, 0.5) is 4.79 Å². The van der Waals surface area contributed by atoms with Crippen molar-refractivity contribution in [3.63, 3.8) is 0 Å². The van der Waals surface area contributed by atoms with Gasteiger partial charge in [0.05, 0.1) is 12.1 Å². The maximum atomic E-state index is 12.7. The van der Waals surface area contributed by atoms with Gasteiger partial charge in [0.25, 0.3) is 5.91 Å². The molecule has 1 aromatic carbocycles. The number of carbonyl (C=O) groups is 2. The number of hydrogen-bond donors (Lipinski definition) is 3. The summed E-state index contributed by atoms with van der Waals surface area (Å²) in [7, 11) is 0. The van der Waals surface area contributed by atoms with Crippen LogP contribution in [-0.4, -0.2) is 51.3 Å². The van der Waals surface area contributed by atoms with E-state index in [-0.39, 0.29) is 23.8 Å². The number of carbonyl (C=O) groups excluding carboxylic acids is 2. The Kier molecular flexibility index (Phi) is 4.64. The van der Waals surface area contributed by atoms with Crippen LogP contribution in [-0.2, 0) is 11.4 Å². The minimum atomic E-state index is -0.446. The van der Waals surface area contributed by atoms with E-state index < -0.39 is 6.04 Å². The number of nitrogens with one attached hydrogen (secondary N) is 3. The molecule has 3 amide bonds. The lowest BCUT2D eigenvalue weighted by Gasteiger charge is -2.30. The Morgan fingerprint density at radius 2 is 2.04 bits per heavy atom. The standard InChI is InChI=1S/C19H21N5O3/c20-17(22-18(25)15-7-4-10-21-15)16-9-8-14-11-23(16)19(26)24(14)27-12-13-5-2-1-3-6-13/h1-7,10,14,16,21H,8-9,11-12H2,(H2,20,22,25)/t14-,16+/m1/s1. The molecule has 0 saturated carbocycles. The summed E-state index contributed by atoms with van der Waals surface area (Å²) in [5.74, 6) is -0.345. The third-order valence-corrected chi connectivity index (χ3v) is 4.96. The number of hydroxylamine groups is 2. The molecule has 2 saturated heterocycles. The molecule has 3 N–H and O–H groups in total. The molecule has 2 bridgehead atoms. The van der Waals surface area contributed by atoms with Gasteiger partial charge in [-0.15, -0.1) is 0 Å². The van der Waals surface area contributed by atoms with Gasteiger partial charge in [-0.1, -0.05) is 30.3 Å². The number of piperidine rings is 1. The van der Waals surface area contributed by atoms with Crippen LogP contribution in [0.15, 0.2) is 48.7 Å². The van der Waals surface area contributed by atoms with Gasteiger partial charge in [-0.05, 0) is 30.5 Å². The minimum absolute atomic E-state index is 0.0237. The Balaban J connectivity index is 1.38. The van der Waals surface area contributed by atoms with E-state index in [4.69, 9.17) is 10.2 Å². The number of aromatic amines is 1. The van der Waals surface area contributed by atoms with Crippen LogP contribution in [0.1, 0.15) is 28.9 Å². The molecule has 3 heterocycles. The SMILES string of the molecule is N=C(NC(=O)c1ccc[nH]1)[C@@H]1CC[C@@H]2CN1C(=O)N2OCc1ccccc1. The number of H-pyrrole nitrogens is 1. The van der Waals surface area contributed by atoms with E-state index >= 15 is 0 Å².